The molecule has 5 nitrogen and oxygen atoms in total. The van der Waals surface area contributed by atoms with E-state index in [-0.39, 0.29) is 18.0 Å². The van der Waals surface area contributed by atoms with Crippen LogP contribution in [-0.2, 0) is 6.54 Å². The lowest BCUT2D eigenvalue weighted by atomic mass is 9.84. The molecule has 2 aromatic rings. The number of nitrogens with two attached hydrogens (primary N) is 1. The first-order valence-corrected chi connectivity index (χ1v) is 10.8. The maximum atomic E-state index is 12.1. The van der Waals surface area contributed by atoms with Crippen LogP contribution in [0.2, 0.25) is 0 Å². The zero-order valence-corrected chi connectivity index (χ0v) is 17.8. The molecule has 1 aromatic heterocycles. The molecule has 3 heterocycles. The van der Waals surface area contributed by atoms with Crippen molar-refractivity contribution in [3.8, 4) is 0 Å². The Kier molecular flexibility index (Phi) is 6.09. The highest BCUT2D eigenvalue weighted by atomic mass is 16.1. The van der Waals surface area contributed by atoms with Crippen LogP contribution < -0.4 is 5.73 Å². The highest BCUT2D eigenvalue weighted by molar-refractivity contribution is 5.94. The number of carbonyl (C=O) groups is 1. The van der Waals surface area contributed by atoms with Crippen LogP contribution in [-0.4, -0.2) is 27.5 Å². The van der Waals surface area contributed by atoms with Crippen LogP contribution in [0.1, 0.15) is 65.8 Å². The zero-order valence-electron chi connectivity index (χ0n) is 17.8. The van der Waals surface area contributed by atoms with Crippen LogP contribution in [0.25, 0.3) is 0 Å². The maximum Gasteiger partial charge on any atom is 0.249 e. The van der Waals surface area contributed by atoms with Crippen LogP contribution in [0, 0.1) is 12.8 Å². The van der Waals surface area contributed by atoms with E-state index in [2.05, 4.69) is 30.9 Å². The molecule has 0 spiro atoms. The van der Waals surface area contributed by atoms with Crippen LogP contribution >= 0.6 is 0 Å². The molecule has 156 valence electrons. The van der Waals surface area contributed by atoms with Crippen molar-refractivity contribution in [1.82, 2.24) is 9.88 Å². The SMILES string of the molecule is Cc1cccnc1C1CCCC(C2=NC=CCC2C)N1Cc1ccccc1C(N)=O. The molecule has 2 aliphatic heterocycles. The molecule has 1 saturated heterocycles. The summed E-state index contributed by atoms with van der Waals surface area (Å²) in [6.07, 6.45) is 10.2. The van der Waals surface area contributed by atoms with Gasteiger partial charge in [0.15, 0.2) is 0 Å². The number of carbonyl (C=O) groups excluding carboxylic acids is 1. The second kappa shape index (κ2) is 8.92. The molecule has 4 rings (SSSR count). The van der Waals surface area contributed by atoms with Gasteiger partial charge in [0.2, 0.25) is 5.91 Å². The summed E-state index contributed by atoms with van der Waals surface area (Å²) in [7, 11) is 0. The van der Waals surface area contributed by atoms with Gasteiger partial charge in [-0.05, 0) is 61.8 Å². The number of hydrogen-bond donors (Lipinski definition) is 1. The molecule has 1 amide bonds. The number of aliphatic imine (C=N–C) groups is 1. The van der Waals surface area contributed by atoms with Crippen molar-refractivity contribution in [1.29, 1.82) is 0 Å². The van der Waals surface area contributed by atoms with Gasteiger partial charge in [-0.2, -0.15) is 0 Å². The minimum absolute atomic E-state index is 0.187. The maximum absolute atomic E-state index is 12.1. The molecule has 30 heavy (non-hydrogen) atoms. The van der Waals surface area contributed by atoms with Gasteiger partial charge in [0.1, 0.15) is 0 Å². The quantitative estimate of drug-likeness (QED) is 0.796. The Bertz CT molecular complexity index is 981. The predicted molar refractivity (Wildman–Crippen MR) is 120 cm³/mol. The average Bonchev–Trinajstić information content (AvgIpc) is 2.75. The number of aromatic nitrogens is 1. The summed E-state index contributed by atoms with van der Waals surface area (Å²) in [5.74, 6) is 0.0356. The topological polar surface area (TPSA) is 71.6 Å². The molecule has 3 unspecified atom stereocenters. The number of rotatable bonds is 5. The highest BCUT2D eigenvalue weighted by Crippen LogP contribution is 2.38. The van der Waals surface area contributed by atoms with Gasteiger partial charge in [-0.25, -0.2) is 0 Å². The Morgan fingerprint density at radius 1 is 1.17 bits per heavy atom. The molecular weight excluding hydrogens is 372 g/mol. The van der Waals surface area contributed by atoms with E-state index in [0.717, 1.165) is 36.9 Å². The third-order valence-electron chi connectivity index (χ3n) is 6.42. The van der Waals surface area contributed by atoms with Gasteiger partial charge in [-0.1, -0.05) is 37.3 Å². The minimum atomic E-state index is -0.379. The number of nitrogens with zero attached hydrogens (tertiary/aromatic N) is 3. The second-order valence-corrected chi connectivity index (χ2v) is 8.44. The number of primary amides is 1. The van der Waals surface area contributed by atoms with E-state index in [0.29, 0.717) is 18.0 Å². The summed E-state index contributed by atoms with van der Waals surface area (Å²) in [5, 5.41) is 0. The lowest BCUT2D eigenvalue weighted by molar-refractivity contribution is 0.0971. The van der Waals surface area contributed by atoms with Gasteiger partial charge in [-0.3, -0.25) is 19.7 Å². The summed E-state index contributed by atoms with van der Waals surface area (Å²) in [5.41, 5.74) is 10.8. The lowest BCUT2D eigenvalue weighted by Gasteiger charge is -2.44. The normalized spacial score (nSPS) is 24.5. The van der Waals surface area contributed by atoms with Crippen molar-refractivity contribution in [3.63, 3.8) is 0 Å². The Labute approximate surface area is 178 Å². The molecule has 0 aliphatic carbocycles. The Balaban J connectivity index is 1.77. The Morgan fingerprint density at radius 2 is 1.97 bits per heavy atom. The summed E-state index contributed by atoms with van der Waals surface area (Å²) in [4.78, 5) is 24.2. The average molecular weight is 403 g/mol. The van der Waals surface area contributed by atoms with E-state index in [1.165, 1.54) is 11.3 Å². The number of pyridine rings is 1. The number of likely N-dealkylation sites (tertiary alicyclic amines) is 1. The summed E-state index contributed by atoms with van der Waals surface area (Å²) < 4.78 is 0. The van der Waals surface area contributed by atoms with Gasteiger partial charge in [0.25, 0.3) is 0 Å². The van der Waals surface area contributed by atoms with Crippen molar-refractivity contribution in [2.75, 3.05) is 0 Å². The predicted octanol–water partition coefficient (Wildman–Crippen LogP) is 4.58. The molecule has 2 N–H and O–H groups in total. The number of benzene rings is 1. The third kappa shape index (κ3) is 4.08. The first-order chi connectivity index (χ1) is 14.6. The van der Waals surface area contributed by atoms with E-state index in [1.807, 2.05) is 42.7 Å². The molecule has 0 saturated carbocycles. The van der Waals surface area contributed by atoms with Gasteiger partial charge in [0, 0.05) is 36.3 Å². The van der Waals surface area contributed by atoms with Crippen molar-refractivity contribution < 1.29 is 4.79 Å². The second-order valence-electron chi connectivity index (χ2n) is 8.44. The van der Waals surface area contributed by atoms with Gasteiger partial charge < -0.3 is 5.73 Å². The molecule has 1 aromatic carbocycles. The van der Waals surface area contributed by atoms with E-state index in [9.17, 15) is 4.79 Å². The summed E-state index contributed by atoms with van der Waals surface area (Å²) in [6.45, 7) is 5.04. The van der Waals surface area contributed by atoms with Crippen LogP contribution in [0.5, 0.6) is 0 Å². The van der Waals surface area contributed by atoms with Gasteiger partial charge in [0.05, 0.1) is 11.7 Å². The van der Waals surface area contributed by atoms with Crippen LogP contribution in [0.3, 0.4) is 0 Å². The fourth-order valence-corrected chi connectivity index (χ4v) is 4.89. The number of allylic oxidation sites excluding steroid dienone is 1. The fraction of sp³-hybridized carbons (Fsp3) is 0.400. The van der Waals surface area contributed by atoms with Gasteiger partial charge >= 0.3 is 0 Å². The first-order valence-electron chi connectivity index (χ1n) is 10.8. The fourth-order valence-electron chi connectivity index (χ4n) is 4.89. The highest BCUT2D eigenvalue weighted by Gasteiger charge is 2.37. The van der Waals surface area contributed by atoms with Crippen molar-refractivity contribution in [3.05, 3.63) is 77.3 Å². The lowest BCUT2D eigenvalue weighted by Crippen LogP contribution is -2.48. The molecular formula is C25H30N4O. The standard InChI is InChI=1S/C25H30N4O/c1-17-8-6-14-27-23(17)21-12-5-13-22(24-18(2)9-7-15-28-24)29(21)16-19-10-3-4-11-20(19)25(26)30/h3-4,6-8,10-11,14-15,18,21-22H,5,9,12-13,16H2,1-2H3,(H2,26,30). The molecule has 3 atom stereocenters. The third-order valence-corrected chi connectivity index (χ3v) is 6.42. The van der Waals surface area contributed by atoms with E-state index < -0.39 is 0 Å². The molecule has 2 aliphatic rings. The van der Waals surface area contributed by atoms with Crippen molar-refractivity contribution >= 4 is 11.6 Å². The molecule has 5 heteroatoms. The smallest absolute Gasteiger partial charge is 0.249 e. The van der Waals surface area contributed by atoms with E-state index >= 15 is 0 Å². The largest absolute Gasteiger partial charge is 0.366 e. The summed E-state index contributed by atoms with van der Waals surface area (Å²) in [6, 6.07) is 12.2. The number of aryl methyl sites for hydroxylation is 1. The monoisotopic (exact) mass is 402 g/mol. The minimum Gasteiger partial charge on any atom is -0.366 e. The molecule has 0 radical (unpaired) electrons. The molecule has 1 fully saturated rings. The molecule has 0 bridgehead atoms. The Morgan fingerprint density at radius 3 is 2.73 bits per heavy atom. The summed E-state index contributed by atoms with van der Waals surface area (Å²) >= 11 is 0. The number of hydrogen-bond acceptors (Lipinski definition) is 4. The number of amides is 1. The Hall–Kier alpha value is -2.79. The van der Waals surface area contributed by atoms with Crippen LogP contribution in [0.4, 0.5) is 0 Å². The zero-order chi connectivity index (χ0) is 21.1. The number of piperidine rings is 1. The first kappa shape index (κ1) is 20.5. The van der Waals surface area contributed by atoms with Crippen molar-refractivity contribution in [2.45, 2.75) is 58.2 Å². The van der Waals surface area contributed by atoms with Crippen LogP contribution in [0.15, 0.2) is 59.9 Å². The van der Waals surface area contributed by atoms with Gasteiger partial charge in [-0.15, -0.1) is 0 Å². The van der Waals surface area contributed by atoms with E-state index in [1.54, 1.807) is 0 Å². The van der Waals surface area contributed by atoms with E-state index in [4.69, 9.17) is 15.7 Å². The van der Waals surface area contributed by atoms with Crippen molar-refractivity contribution in [2.24, 2.45) is 16.6 Å².